The molecule has 0 radical (unpaired) electrons. The molecular formula is C11H16N2OS2. The lowest BCUT2D eigenvalue weighted by atomic mass is 10.1. The fourth-order valence-electron chi connectivity index (χ4n) is 1.40. The van der Waals surface area contributed by atoms with Crippen LogP contribution in [-0.4, -0.2) is 16.9 Å². The van der Waals surface area contributed by atoms with Gasteiger partial charge in [-0.05, 0) is 30.4 Å². The molecule has 1 unspecified atom stereocenters. The summed E-state index contributed by atoms with van der Waals surface area (Å²) >= 11 is 6.36. The highest BCUT2D eigenvalue weighted by atomic mass is 32.1. The fraction of sp³-hybridized carbons (Fsp3) is 0.455. The topological polar surface area (TPSA) is 55.1 Å². The predicted molar refractivity (Wildman–Crippen MR) is 72.0 cm³/mol. The van der Waals surface area contributed by atoms with Crippen molar-refractivity contribution in [3.8, 4) is 0 Å². The molecule has 5 heteroatoms. The van der Waals surface area contributed by atoms with E-state index in [1.807, 2.05) is 25.3 Å². The minimum absolute atomic E-state index is 0.0845. The summed E-state index contributed by atoms with van der Waals surface area (Å²) in [5.74, 6) is -0.0845. The Bertz CT molecular complexity index is 387. The maximum Gasteiger partial charge on any atom is 0.262 e. The molecule has 0 bridgehead atoms. The Labute approximate surface area is 105 Å². The third kappa shape index (κ3) is 3.28. The average Bonchev–Trinajstić information content (AvgIpc) is 2.63. The van der Waals surface area contributed by atoms with E-state index in [1.165, 1.54) is 11.3 Å². The van der Waals surface area contributed by atoms with Crippen LogP contribution in [0.3, 0.4) is 0 Å². The Kier molecular flexibility index (Phi) is 4.89. The Morgan fingerprint density at radius 1 is 1.69 bits per heavy atom. The van der Waals surface area contributed by atoms with E-state index >= 15 is 0 Å². The standard InChI is InChI=1S/C11H16N2OS2/c1-3-4-8(10(12)15)13-11(14)9-7(2)5-6-16-9/h5-6,8H,3-4H2,1-2H3,(H2,12,15)(H,13,14). The van der Waals surface area contributed by atoms with Crippen LogP contribution in [0.2, 0.25) is 0 Å². The summed E-state index contributed by atoms with van der Waals surface area (Å²) in [6.45, 7) is 3.95. The van der Waals surface area contributed by atoms with E-state index < -0.39 is 0 Å². The third-order valence-corrected chi connectivity index (χ3v) is 3.59. The van der Waals surface area contributed by atoms with Crippen LogP contribution < -0.4 is 11.1 Å². The van der Waals surface area contributed by atoms with Gasteiger partial charge in [-0.25, -0.2) is 0 Å². The maximum atomic E-state index is 11.9. The quantitative estimate of drug-likeness (QED) is 0.794. The largest absolute Gasteiger partial charge is 0.392 e. The van der Waals surface area contributed by atoms with Crippen molar-refractivity contribution in [2.75, 3.05) is 0 Å². The Morgan fingerprint density at radius 2 is 2.38 bits per heavy atom. The van der Waals surface area contributed by atoms with Crippen LogP contribution in [0.15, 0.2) is 11.4 Å². The number of amides is 1. The monoisotopic (exact) mass is 256 g/mol. The Hall–Kier alpha value is -0.940. The van der Waals surface area contributed by atoms with Crippen molar-refractivity contribution in [2.45, 2.75) is 32.7 Å². The molecule has 1 heterocycles. The average molecular weight is 256 g/mol. The number of thiophene rings is 1. The number of hydrogen-bond acceptors (Lipinski definition) is 3. The molecule has 1 aromatic heterocycles. The molecule has 3 nitrogen and oxygen atoms in total. The van der Waals surface area contributed by atoms with Crippen LogP contribution in [0.25, 0.3) is 0 Å². The molecule has 1 atom stereocenters. The molecule has 0 aliphatic carbocycles. The summed E-state index contributed by atoms with van der Waals surface area (Å²) in [4.78, 5) is 13.0. The highest BCUT2D eigenvalue weighted by molar-refractivity contribution is 7.80. The first-order valence-electron chi connectivity index (χ1n) is 5.20. The molecule has 0 aromatic carbocycles. The molecule has 0 spiro atoms. The lowest BCUT2D eigenvalue weighted by Gasteiger charge is -2.16. The van der Waals surface area contributed by atoms with Crippen LogP contribution in [0.4, 0.5) is 0 Å². The van der Waals surface area contributed by atoms with Crippen molar-refractivity contribution < 1.29 is 4.79 Å². The summed E-state index contributed by atoms with van der Waals surface area (Å²) < 4.78 is 0. The Balaban J connectivity index is 2.69. The van der Waals surface area contributed by atoms with Gasteiger partial charge in [0.25, 0.3) is 5.91 Å². The number of carbonyl (C=O) groups excluding carboxylic acids is 1. The molecule has 0 aliphatic heterocycles. The molecule has 1 aromatic rings. The summed E-state index contributed by atoms with van der Waals surface area (Å²) in [6, 6.07) is 1.73. The number of nitrogens with one attached hydrogen (secondary N) is 1. The van der Waals surface area contributed by atoms with Crippen LogP contribution in [0.1, 0.15) is 35.0 Å². The van der Waals surface area contributed by atoms with Gasteiger partial charge in [-0.2, -0.15) is 0 Å². The first-order valence-corrected chi connectivity index (χ1v) is 6.49. The van der Waals surface area contributed by atoms with E-state index in [0.717, 1.165) is 23.3 Å². The fourth-order valence-corrected chi connectivity index (χ4v) is 2.41. The number of carbonyl (C=O) groups is 1. The second-order valence-electron chi connectivity index (χ2n) is 3.65. The van der Waals surface area contributed by atoms with Gasteiger partial charge in [0, 0.05) is 0 Å². The van der Waals surface area contributed by atoms with Gasteiger partial charge in [0.1, 0.15) is 0 Å². The van der Waals surface area contributed by atoms with E-state index in [2.05, 4.69) is 5.32 Å². The molecule has 16 heavy (non-hydrogen) atoms. The van der Waals surface area contributed by atoms with Crippen molar-refractivity contribution in [1.82, 2.24) is 5.32 Å². The number of thiocarbonyl (C=S) groups is 1. The van der Waals surface area contributed by atoms with Gasteiger partial charge in [0.15, 0.2) is 0 Å². The van der Waals surface area contributed by atoms with Crippen LogP contribution >= 0.6 is 23.6 Å². The molecule has 0 saturated heterocycles. The van der Waals surface area contributed by atoms with Crippen LogP contribution in [0.5, 0.6) is 0 Å². The van der Waals surface area contributed by atoms with Crippen molar-refractivity contribution >= 4 is 34.5 Å². The number of hydrogen-bond donors (Lipinski definition) is 2. The van der Waals surface area contributed by atoms with Crippen molar-refractivity contribution in [2.24, 2.45) is 5.73 Å². The first-order chi connectivity index (χ1) is 7.56. The van der Waals surface area contributed by atoms with Crippen molar-refractivity contribution in [3.63, 3.8) is 0 Å². The van der Waals surface area contributed by atoms with Crippen molar-refractivity contribution in [1.29, 1.82) is 0 Å². The number of aryl methyl sites for hydroxylation is 1. The smallest absolute Gasteiger partial charge is 0.262 e. The predicted octanol–water partition coefficient (Wildman–Crippen LogP) is 2.24. The Morgan fingerprint density at radius 3 is 2.81 bits per heavy atom. The minimum atomic E-state index is -0.200. The van der Waals surface area contributed by atoms with E-state index in [9.17, 15) is 4.79 Å². The van der Waals surface area contributed by atoms with Gasteiger partial charge < -0.3 is 11.1 Å². The van der Waals surface area contributed by atoms with E-state index in [1.54, 1.807) is 0 Å². The molecule has 0 saturated carbocycles. The molecule has 1 amide bonds. The third-order valence-electron chi connectivity index (χ3n) is 2.29. The lowest BCUT2D eigenvalue weighted by Crippen LogP contribution is -2.43. The summed E-state index contributed by atoms with van der Waals surface area (Å²) in [6.07, 6.45) is 1.72. The summed E-state index contributed by atoms with van der Waals surface area (Å²) in [5.41, 5.74) is 6.57. The van der Waals surface area contributed by atoms with Gasteiger partial charge in [0.2, 0.25) is 0 Å². The zero-order valence-electron chi connectivity index (χ0n) is 9.45. The second kappa shape index (κ2) is 5.96. The van der Waals surface area contributed by atoms with Gasteiger partial charge >= 0.3 is 0 Å². The SMILES string of the molecule is CCCC(NC(=O)c1sccc1C)C(N)=S. The first kappa shape index (κ1) is 13.1. The second-order valence-corrected chi connectivity index (χ2v) is 5.04. The molecule has 88 valence electrons. The highest BCUT2D eigenvalue weighted by Crippen LogP contribution is 2.15. The van der Waals surface area contributed by atoms with Gasteiger partial charge in [-0.3, -0.25) is 4.79 Å². The van der Waals surface area contributed by atoms with E-state index in [-0.39, 0.29) is 11.9 Å². The van der Waals surface area contributed by atoms with Gasteiger partial charge in [-0.15, -0.1) is 11.3 Å². The van der Waals surface area contributed by atoms with Crippen LogP contribution in [-0.2, 0) is 0 Å². The molecule has 0 aliphatic rings. The number of nitrogens with two attached hydrogens (primary N) is 1. The summed E-state index contributed by atoms with van der Waals surface area (Å²) in [7, 11) is 0. The van der Waals surface area contributed by atoms with Gasteiger partial charge in [0.05, 0.1) is 15.9 Å². The minimum Gasteiger partial charge on any atom is -0.392 e. The summed E-state index contributed by atoms with van der Waals surface area (Å²) in [5, 5.41) is 4.77. The van der Waals surface area contributed by atoms with Gasteiger partial charge in [-0.1, -0.05) is 25.6 Å². The molecule has 0 fully saturated rings. The zero-order valence-corrected chi connectivity index (χ0v) is 11.1. The molecule has 1 rings (SSSR count). The lowest BCUT2D eigenvalue weighted by molar-refractivity contribution is 0.0949. The maximum absolute atomic E-state index is 11.9. The highest BCUT2D eigenvalue weighted by Gasteiger charge is 2.17. The van der Waals surface area contributed by atoms with E-state index in [0.29, 0.717) is 4.99 Å². The molecular weight excluding hydrogens is 240 g/mol. The normalized spacial score (nSPS) is 12.1. The van der Waals surface area contributed by atoms with Crippen LogP contribution in [0, 0.1) is 6.92 Å². The van der Waals surface area contributed by atoms with E-state index in [4.69, 9.17) is 18.0 Å². The van der Waals surface area contributed by atoms with Crippen molar-refractivity contribution in [3.05, 3.63) is 21.9 Å². The molecule has 3 N–H and O–H groups in total. The zero-order chi connectivity index (χ0) is 12.1. The number of rotatable bonds is 5.